The molecule has 0 aromatic rings. The first-order valence-corrected chi connectivity index (χ1v) is 3.70. The lowest BCUT2D eigenvalue weighted by molar-refractivity contribution is -0.176. The van der Waals surface area contributed by atoms with E-state index in [4.69, 9.17) is 15.3 Å². The summed E-state index contributed by atoms with van der Waals surface area (Å²) in [4.78, 5) is 31.8. The van der Waals surface area contributed by atoms with E-state index < -0.39 is 29.7 Å². The van der Waals surface area contributed by atoms with Crippen LogP contribution in [0.1, 0.15) is 12.8 Å². The summed E-state index contributed by atoms with van der Waals surface area (Å²) in [6, 6.07) is 0. The third-order valence-corrected chi connectivity index (χ3v) is 1.82. The van der Waals surface area contributed by atoms with E-state index in [0.29, 0.717) is 0 Å². The van der Waals surface area contributed by atoms with Crippen molar-refractivity contribution in [2.45, 2.75) is 12.8 Å². The topological polar surface area (TPSA) is 112 Å². The van der Waals surface area contributed by atoms with Gasteiger partial charge >= 0.3 is 17.9 Å². The molecule has 6 nitrogen and oxygen atoms in total. The Morgan fingerprint density at radius 1 is 1.07 bits per heavy atom. The largest absolute Gasteiger partial charge is 0.480 e. The average Bonchev–Trinajstić information content (AvgIpc) is 2.03. The van der Waals surface area contributed by atoms with Crippen molar-refractivity contribution in [3.8, 4) is 0 Å². The molecule has 0 spiro atoms. The van der Waals surface area contributed by atoms with Gasteiger partial charge in [-0.15, -0.1) is 6.58 Å². The molecule has 0 aromatic carbocycles. The molecule has 0 rings (SSSR count). The van der Waals surface area contributed by atoms with Crippen molar-refractivity contribution in [2.24, 2.45) is 5.41 Å². The predicted octanol–water partition coefficient (Wildman–Crippen LogP) is 0.193. The number of allylic oxidation sites excluding steroid dienone is 1. The highest BCUT2D eigenvalue weighted by Crippen LogP contribution is 2.25. The minimum Gasteiger partial charge on any atom is -0.480 e. The normalized spacial score (nSPS) is 10.6. The molecule has 6 heteroatoms. The van der Waals surface area contributed by atoms with E-state index in [0.717, 1.165) is 0 Å². The monoisotopic (exact) mass is 202 g/mol. The zero-order valence-electron chi connectivity index (χ0n) is 7.27. The second-order valence-corrected chi connectivity index (χ2v) is 2.65. The van der Waals surface area contributed by atoms with E-state index in [2.05, 4.69) is 6.58 Å². The Morgan fingerprint density at radius 2 is 1.43 bits per heavy atom. The third-order valence-electron chi connectivity index (χ3n) is 1.82. The van der Waals surface area contributed by atoms with E-state index in [1.807, 2.05) is 0 Å². The summed E-state index contributed by atoms with van der Waals surface area (Å²) in [5, 5.41) is 25.8. The van der Waals surface area contributed by atoms with Gasteiger partial charge in [-0.3, -0.25) is 14.4 Å². The number of carboxylic acid groups (broad SMARTS) is 3. The van der Waals surface area contributed by atoms with Gasteiger partial charge in [-0.05, 0) is 12.8 Å². The highest BCUT2D eigenvalue weighted by atomic mass is 16.4. The lowest BCUT2D eigenvalue weighted by Crippen LogP contribution is -2.46. The Kier molecular flexibility index (Phi) is 3.82. The fourth-order valence-electron chi connectivity index (χ4n) is 0.914. The number of rotatable bonds is 6. The van der Waals surface area contributed by atoms with Crippen LogP contribution in [0.15, 0.2) is 12.7 Å². The van der Waals surface area contributed by atoms with Crippen molar-refractivity contribution in [3.05, 3.63) is 12.7 Å². The molecule has 0 unspecified atom stereocenters. The van der Waals surface area contributed by atoms with Crippen LogP contribution in [0.2, 0.25) is 0 Å². The molecular formula is C8H10O6. The molecule has 3 N–H and O–H groups in total. The quantitative estimate of drug-likeness (QED) is 0.418. The SMILES string of the molecule is C=CCCC(C(=O)O)(C(=O)O)C(=O)O. The molecule has 0 aliphatic heterocycles. The molecule has 0 heterocycles. The molecule has 0 saturated heterocycles. The Labute approximate surface area is 79.5 Å². The first-order chi connectivity index (χ1) is 6.39. The smallest absolute Gasteiger partial charge is 0.332 e. The maximum absolute atomic E-state index is 10.6. The van der Waals surface area contributed by atoms with E-state index in [1.165, 1.54) is 6.08 Å². The fourth-order valence-corrected chi connectivity index (χ4v) is 0.914. The summed E-state index contributed by atoms with van der Waals surface area (Å²) < 4.78 is 0. The summed E-state index contributed by atoms with van der Waals surface area (Å²) >= 11 is 0. The van der Waals surface area contributed by atoms with Gasteiger partial charge < -0.3 is 15.3 Å². The van der Waals surface area contributed by atoms with Crippen molar-refractivity contribution in [2.75, 3.05) is 0 Å². The molecule has 0 aliphatic rings. The molecule has 0 aromatic heterocycles. The summed E-state index contributed by atoms with van der Waals surface area (Å²) in [6.45, 7) is 3.26. The van der Waals surface area contributed by atoms with Gasteiger partial charge in [0.05, 0.1) is 0 Å². The van der Waals surface area contributed by atoms with Crippen molar-refractivity contribution < 1.29 is 29.7 Å². The van der Waals surface area contributed by atoms with Gasteiger partial charge in [-0.1, -0.05) is 6.08 Å². The first kappa shape index (κ1) is 12.2. The Balaban J connectivity index is 5.15. The molecule has 14 heavy (non-hydrogen) atoms. The fraction of sp³-hybridized carbons (Fsp3) is 0.375. The van der Waals surface area contributed by atoms with Crippen molar-refractivity contribution in [1.82, 2.24) is 0 Å². The molecule has 78 valence electrons. The second kappa shape index (κ2) is 4.40. The van der Waals surface area contributed by atoms with Crippen LogP contribution in [0.25, 0.3) is 0 Å². The number of carboxylic acids is 3. The van der Waals surface area contributed by atoms with Gasteiger partial charge in [0.25, 0.3) is 5.41 Å². The third kappa shape index (κ3) is 1.90. The van der Waals surface area contributed by atoms with Crippen LogP contribution in [-0.2, 0) is 14.4 Å². The number of hydrogen-bond acceptors (Lipinski definition) is 3. The molecular weight excluding hydrogens is 192 g/mol. The molecule has 0 radical (unpaired) electrons. The Bertz CT molecular complexity index is 244. The second-order valence-electron chi connectivity index (χ2n) is 2.65. The minimum atomic E-state index is -2.77. The zero-order chi connectivity index (χ0) is 11.4. The van der Waals surface area contributed by atoms with Crippen molar-refractivity contribution in [3.63, 3.8) is 0 Å². The zero-order valence-corrected chi connectivity index (χ0v) is 7.27. The molecule has 0 amide bonds. The van der Waals surface area contributed by atoms with Crippen LogP contribution in [0, 0.1) is 5.41 Å². The number of aliphatic carboxylic acids is 3. The van der Waals surface area contributed by atoms with Crippen molar-refractivity contribution >= 4 is 17.9 Å². The van der Waals surface area contributed by atoms with Gasteiger partial charge in [0.1, 0.15) is 0 Å². The number of hydrogen-bond donors (Lipinski definition) is 3. The minimum absolute atomic E-state index is 0.00486. The summed E-state index contributed by atoms with van der Waals surface area (Å²) in [5.41, 5.74) is -2.77. The molecule has 0 aliphatic carbocycles. The highest BCUT2D eigenvalue weighted by Gasteiger charge is 2.53. The van der Waals surface area contributed by atoms with Gasteiger partial charge in [0.2, 0.25) is 0 Å². The number of carbonyl (C=O) groups is 3. The van der Waals surface area contributed by atoms with Crippen LogP contribution in [-0.4, -0.2) is 33.2 Å². The predicted molar refractivity (Wildman–Crippen MR) is 44.8 cm³/mol. The maximum atomic E-state index is 10.6. The van der Waals surface area contributed by atoms with Crippen LogP contribution in [0.5, 0.6) is 0 Å². The maximum Gasteiger partial charge on any atom is 0.332 e. The lowest BCUT2D eigenvalue weighted by Gasteiger charge is -2.18. The molecule has 0 bridgehead atoms. The van der Waals surface area contributed by atoms with Gasteiger partial charge in [0.15, 0.2) is 0 Å². The van der Waals surface area contributed by atoms with Gasteiger partial charge in [0, 0.05) is 0 Å². The Morgan fingerprint density at radius 3 is 1.64 bits per heavy atom. The highest BCUT2D eigenvalue weighted by molar-refractivity contribution is 6.16. The Hall–Kier alpha value is -1.85. The molecule has 0 atom stereocenters. The average molecular weight is 202 g/mol. The molecule has 0 saturated carbocycles. The van der Waals surface area contributed by atoms with Crippen LogP contribution in [0.4, 0.5) is 0 Å². The molecule has 0 fully saturated rings. The van der Waals surface area contributed by atoms with E-state index in [9.17, 15) is 14.4 Å². The standard InChI is InChI=1S/C8H10O6/c1-2-3-4-8(5(9)10,6(11)12)7(13)14/h2H,1,3-4H2,(H,9,10)(H,11,12)(H,13,14). The van der Waals surface area contributed by atoms with Gasteiger partial charge in [-0.2, -0.15) is 0 Å². The van der Waals surface area contributed by atoms with Crippen LogP contribution in [0.3, 0.4) is 0 Å². The van der Waals surface area contributed by atoms with Crippen LogP contribution < -0.4 is 0 Å². The summed E-state index contributed by atoms with van der Waals surface area (Å²) in [5.74, 6) is -5.63. The van der Waals surface area contributed by atoms with Crippen molar-refractivity contribution in [1.29, 1.82) is 0 Å². The van der Waals surface area contributed by atoms with E-state index >= 15 is 0 Å². The van der Waals surface area contributed by atoms with E-state index in [1.54, 1.807) is 0 Å². The van der Waals surface area contributed by atoms with Crippen LogP contribution >= 0.6 is 0 Å². The summed E-state index contributed by atoms with van der Waals surface area (Å²) in [7, 11) is 0. The summed E-state index contributed by atoms with van der Waals surface area (Å²) in [6.07, 6.45) is 0.755. The first-order valence-electron chi connectivity index (χ1n) is 3.70. The van der Waals surface area contributed by atoms with Gasteiger partial charge in [-0.25, -0.2) is 0 Å². The lowest BCUT2D eigenvalue weighted by atomic mass is 9.83. The van der Waals surface area contributed by atoms with E-state index in [-0.39, 0.29) is 6.42 Å².